The van der Waals surface area contributed by atoms with E-state index in [-0.39, 0.29) is 5.92 Å². The van der Waals surface area contributed by atoms with E-state index in [0.717, 1.165) is 16.8 Å². The first-order valence-corrected chi connectivity index (χ1v) is 5.85. The van der Waals surface area contributed by atoms with Gasteiger partial charge in [-0.05, 0) is 36.8 Å². The molecule has 0 aliphatic carbocycles. The predicted molar refractivity (Wildman–Crippen MR) is 73.4 cm³/mol. The fourth-order valence-electron chi connectivity index (χ4n) is 1.95. The first-order chi connectivity index (χ1) is 8.72. The molecule has 0 aliphatic heterocycles. The van der Waals surface area contributed by atoms with E-state index in [4.69, 9.17) is 5.73 Å². The van der Waals surface area contributed by atoms with Crippen LogP contribution in [0.1, 0.15) is 24.0 Å². The lowest BCUT2D eigenvalue weighted by atomic mass is 9.91. The van der Waals surface area contributed by atoms with Crippen LogP contribution in [0.3, 0.4) is 0 Å². The van der Waals surface area contributed by atoms with Gasteiger partial charge in [0, 0.05) is 5.69 Å². The third-order valence-corrected chi connectivity index (χ3v) is 3.02. The van der Waals surface area contributed by atoms with Crippen LogP contribution in [0.15, 0.2) is 54.6 Å². The SMILES string of the molecule is CC(C(=[N+]=[N-])c1ccccc1)c1ccc(N)cc1. The minimum Gasteiger partial charge on any atom is -0.399 e. The van der Waals surface area contributed by atoms with Crippen molar-refractivity contribution in [2.24, 2.45) is 0 Å². The molecule has 0 saturated heterocycles. The zero-order valence-electron chi connectivity index (χ0n) is 10.2. The van der Waals surface area contributed by atoms with Crippen molar-refractivity contribution < 1.29 is 4.79 Å². The number of nitrogens with zero attached hydrogens (tertiary/aromatic N) is 2. The third-order valence-electron chi connectivity index (χ3n) is 3.02. The molecule has 0 bridgehead atoms. The van der Waals surface area contributed by atoms with E-state index in [2.05, 4.69) is 4.79 Å². The molecule has 0 aliphatic rings. The van der Waals surface area contributed by atoms with Gasteiger partial charge in [-0.1, -0.05) is 30.3 Å². The Kier molecular flexibility index (Phi) is 3.56. The van der Waals surface area contributed by atoms with Crippen LogP contribution in [0.4, 0.5) is 5.69 Å². The first kappa shape index (κ1) is 12.1. The molecule has 1 atom stereocenters. The number of rotatable bonds is 3. The molecule has 3 nitrogen and oxygen atoms in total. The highest BCUT2D eigenvalue weighted by molar-refractivity contribution is 6.00. The summed E-state index contributed by atoms with van der Waals surface area (Å²) in [6.07, 6.45) is 0. The average Bonchev–Trinajstić information content (AvgIpc) is 2.41. The molecule has 0 heterocycles. The minimum atomic E-state index is 0.0120. The Hall–Kier alpha value is -2.38. The molecule has 90 valence electrons. The highest BCUT2D eigenvalue weighted by Crippen LogP contribution is 2.21. The molecule has 0 amide bonds. The summed E-state index contributed by atoms with van der Waals surface area (Å²) >= 11 is 0. The molecule has 1 unspecified atom stereocenters. The van der Waals surface area contributed by atoms with Crippen LogP contribution in [-0.2, 0) is 0 Å². The standard InChI is InChI=1S/C15H15N3/c1-11(12-7-9-14(16)10-8-12)15(18-17)13-5-3-2-4-6-13/h2-11H,16H2,1H3. The highest BCUT2D eigenvalue weighted by Gasteiger charge is 2.22. The Morgan fingerprint density at radius 3 is 2.22 bits per heavy atom. The number of nitrogens with two attached hydrogens (primary N) is 1. The zero-order chi connectivity index (χ0) is 13.0. The number of anilines is 1. The zero-order valence-corrected chi connectivity index (χ0v) is 10.2. The summed E-state index contributed by atoms with van der Waals surface area (Å²) < 4.78 is 0. The summed E-state index contributed by atoms with van der Waals surface area (Å²) in [6, 6.07) is 17.3. The van der Waals surface area contributed by atoms with Gasteiger partial charge in [-0.25, -0.2) is 0 Å². The van der Waals surface area contributed by atoms with Crippen molar-refractivity contribution in [2.45, 2.75) is 12.8 Å². The molecule has 0 saturated carbocycles. The highest BCUT2D eigenvalue weighted by atomic mass is 14.9. The first-order valence-electron chi connectivity index (χ1n) is 5.85. The van der Waals surface area contributed by atoms with E-state index in [1.54, 1.807) is 0 Å². The smallest absolute Gasteiger partial charge is 0.306 e. The van der Waals surface area contributed by atoms with E-state index < -0.39 is 0 Å². The van der Waals surface area contributed by atoms with Crippen LogP contribution in [0, 0.1) is 0 Å². The Morgan fingerprint density at radius 1 is 1.06 bits per heavy atom. The van der Waals surface area contributed by atoms with Crippen molar-refractivity contribution in [2.75, 3.05) is 5.73 Å². The Morgan fingerprint density at radius 2 is 1.67 bits per heavy atom. The molecular formula is C15H15N3. The molecule has 0 fully saturated rings. The van der Waals surface area contributed by atoms with Gasteiger partial charge in [0.25, 0.3) is 0 Å². The van der Waals surface area contributed by atoms with Gasteiger partial charge < -0.3 is 11.3 Å². The molecule has 2 aromatic rings. The summed E-state index contributed by atoms with van der Waals surface area (Å²) in [5.74, 6) is 0.0120. The maximum absolute atomic E-state index is 9.23. The van der Waals surface area contributed by atoms with E-state index in [1.165, 1.54) is 0 Å². The normalized spacial score (nSPS) is 11.6. The lowest BCUT2D eigenvalue weighted by Gasteiger charge is -2.08. The summed E-state index contributed by atoms with van der Waals surface area (Å²) in [7, 11) is 0. The number of benzene rings is 2. The third kappa shape index (κ3) is 2.47. The van der Waals surface area contributed by atoms with Gasteiger partial charge in [-0.15, -0.1) is 0 Å². The quantitative estimate of drug-likeness (QED) is 0.379. The van der Waals surface area contributed by atoms with E-state index >= 15 is 0 Å². The fraction of sp³-hybridized carbons (Fsp3) is 0.133. The molecular weight excluding hydrogens is 222 g/mol. The van der Waals surface area contributed by atoms with E-state index in [0.29, 0.717) is 5.71 Å². The molecule has 2 aromatic carbocycles. The molecule has 2 N–H and O–H groups in total. The molecule has 0 spiro atoms. The maximum atomic E-state index is 9.23. The van der Waals surface area contributed by atoms with Crippen LogP contribution in [0.2, 0.25) is 0 Å². The van der Waals surface area contributed by atoms with Gasteiger partial charge in [0.1, 0.15) is 0 Å². The van der Waals surface area contributed by atoms with Crippen molar-refractivity contribution in [1.82, 2.24) is 0 Å². The molecule has 18 heavy (non-hydrogen) atoms. The second-order valence-corrected chi connectivity index (χ2v) is 4.24. The van der Waals surface area contributed by atoms with Crippen LogP contribution in [0.25, 0.3) is 5.53 Å². The maximum Gasteiger partial charge on any atom is 0.306 e. The Labute approximate surface area is 107 Å². The summed E-state index contributed by atoms with van der Waals surface area (Å²) in [6.45, 7) is 2.01. The van der Waals surface area contributed by atoms with E-state index in [1.807, 2.05) is 61.5 Å². The van der Waals surface area contributed by atoms with E-state index in [9.17, 15) is 5.53 Å². The van der Waals surface area contributed by atoms with Crippen molar-refractivity contribution >= 4 is 11.4 Å². The van der Waals surface area contributed by atoms with Gasteiger partial charge in [0.2, 0.25) is 0 Å². The molecule has 2 rings (SSSR count). The Bertz CT molecular complexity index is 566. The van der Waals surface area contributed by atoms with Gasteiger partial charge in [-0.3, -0.25) is 0 Å². The average molecular weight is 237 g/mol. The van der Waals surface area contributed by atoms with Crippen molar-refractivity contribution in [3.8, 4) is 0 Å². The minimum absolute atomic E-state index is 0.0120. The van der Waals surface area contributed by atoms with Crippen molar-refractivity contribution in [3.05, 3.63) is 71.3 Å². The molecule has 3 heteroatoms. The van der Waals surface area contributed by atoms with Crippen molar-refractivity contribution in [1.29, 1.82) is 0 Å². The van der Waals surface area contributed by atoms with Crippen LogP contribution in [0.5, 0.6) is 0 Å². The van der Waals surface area contributed by atoms with Crippen LogP contribution in [-0.4, -0.2) is 10.5 Å². The van der Waals surface area contributed by atoms with Gasteiger partial charge >= 0.3 is 5.71 Å². The van der Waals surface area contributed by atoms with Gasteiger partial charge in [0.15, 0.2) is 0 Å². The fourth-order valence-corrected chi connectivity index (χ4v) is 1.95. The second-order valence-electron chi connectivity index (χ2n) is 4.24. The lowest BCUT2D eigenvalue weighted by Crippen LogP contribution is -2.12. The van der Waals surface area contributed by atoms with Gasteiger partial charge in [0.05, 0.1) is 11.5 Å². The number of hydrogen-bond donors (Lipinski definition) is 1. The van der Waals surface area contributed by atoms with Crippen LogP contribution >= 0.6 is 0 Å². The topological polar surface area (TPSA) is 62.4 Å². The largest absolute Gasteiger partial charge is 0.399 e. The summed E-state index contributed by atoms with van der Waals surface area (Å²) in [5, 5.41) is 0. The summed E-state index contributed by atoms with van der Waals surface area (Å²) in [4.78, 5) is 3.44. The molecule has 0 radical (unpaired) electrons. The van der Waals surface area contributed by atoms with Gasteiger partial charge in [-0.2, -0.15) is 4.79 Å². The Balaban J connectivity index is 2.35. The molecule has 0 aromatic heterocycles. The van der Waals surface area contributed by atoms with Crippen LogP contribution < -0.4 is 5.73 Å². The second kappa shape index (κ2) is 5.30. The number of nitrogen functional groups attached to an aromatic ring is 1. The number of hydrogen-bond acceptors (Lipinski definition) is 1. The predicted octanol–water partition coefficient (Wildman–Crippen LogP) is 3.09. The van der Waals surface area contributed by atoms with Crippen molar-refractivity contribution in [3.63, 3.8) is 0 Å². The summed E-state index contributed by atoms with van der Waals surface area (Å²) in [5.41, 5.74) is 18.3. The monoisotopic (exact) mass is 237 g/mol. The lowest BCUT2D eigenvalue weighted by molar-refractivity contribution is -0.00817.